The summed E-state index contributed by atoms with van der Waals surface area (Å²) < 4.78 is 1.32. The van der Waals surface area contributed by atoms with E-state index >= 15 is 0 Å². The number of allylic oxidation sites excluding steroid dienone is 5. The van der Waals surface area contributed by atoms with Gasteiger partial charge in [0.15, 0.2) is 0 Å². The number of hydrogen-bond acceptors (Lipinski definition) is 1. The van der Waals surface area contributed by atoms with Gasteiger partial charge in [-0.3, -0.25) is 4.99 Å². The van der Waals surface area contributed by atoms with Crippen molar-refractivity contribution in [3.8, 4) is 0 Å². The smallest absolute Gasteiger partial charge is 0.0404 e. The molecule has 62 valence electrons. The van der Waals surface area contributed by atoms with Crippen LogP contribution in [0.2, 0.25) is 0 Å². The van der Waals surface area contributed by atoms with Crippen molar-refractivity contribution in [2.45, 2.75) is 12.8 Å². The lowest BCUT2D eigenvalue weighted by molar-refractivity contribution is 0.742. The van der Waals surface area contributed by atoms with Crippen LogP contribution in [0.25, 0.3) is 0 Å². The highest BCUT2D eigenvalue weighted by Crippen LogP contribution is 2.22. The first-order valence-electron chi connectivity index (χ1n) is 4.13. The standard InChI is InChI=1S/C10H10IN/c11-9-2-4-10-3-1-8(7-9)5-6-12-10/h2,4-8H,1,3H2/b4-2-,9-7-/t8-/m1/s1. The van der Waals surface area contributed by atoms with E-state index in [2.05, 4.69) is 51.9 Å². The van der Waals surface area contributed by atoms with Gasteiger partial charge in [0.25, 0.3) is 0 Å². The van der Waals surface area contributed by atoms with E-state index in [-0.39, 0.29) is 0 Å². The van der Waals surface area contributed by atoms with E-state index in [0.717, 1.165) is 6.42 Å². The van der Waals surface area contributed by atoms with Gasteiger partial charge in [0.2, 0.25) is 0 Å². The molecule has 0 unspecified atom stereocenters. The molecule has 0 spiro atoms. The summed E-state index contributed by atoms with van der Waals surface area (Å²) in [5.41, 5.74) is 1.20. The summed E-state index contributed by atoms with van der Waals surface area (Å²) in [6, 6.07) is 0. The van der Waals surface area contributed by atoms with Crippen LogP contribution in [0.4, 0.5) is 0 Å². The largest absolute Gasteiger partial charge is 0.262 e. The maximum absolute atomic E-state index is 4.35. The number of halogens is 1. The first-order valence-corrected chi connectivity index (χ1v) is 5.21. The molecule has 0 saturated carbocycles. The van der Waals surface area contributed by atoms with E-state index in [4.69, 9.17) is 0 Å². The Hall–Kier alpha value is -0.380. The third kappa shape index (κ3) is 1.86. The fourth-order valence-corrected chi connectivity index (χ4v) is 2.07. The quantitative estimate of drug-likeness (QED) is 0.600. The maximum Gasteiger partial charge on any atom is 0.0404 e. The molecule has 0 amide bonds. The fourth-order valence-electron chi connectivity index (χ4n) is 1.43. The highest BCUT2D eigenvalue weighted by Gasteiger charge is 2.09. The second kappa shape index (κ2) is 3.56. The van der Waals surface area contributed by atoms with Gasteiger partial charge in [-0.05, 0) is 53.5 Å². The number of aliphatic imine (C=N–C) groups is 1. The molecule has 2 heteroatoms. The first kappa shape index (κ1) is 8.23. The SMILES string of the molecule is IC1=C\[C@H]2C=CN=C(/C=C\1)CC2. The maximum atomic E-state index is 4.35. The van der Waals surface area contributed by atoms with Gasteiger partial charge < -0.3 is 0 Å². The molecule has 0 aromatic carbocycles. The monoisotopic (exact) mass is 271 g/mol. The molecule has 0 N–H and O–H groups in total. The molecule has 2 bridgehead atoms. The molecule has 2 aliphatic rings. The van der Waals surface area contributed by atoms with Crippen molar-refractivity contribution in [2.24, 2.45) is 10.9 Å². The lowest BCUT2D eigenvalue weighted by atomic mass is 9.99. The van der Waals surface area contributed by atoms with Gasteiger partial charge in [-0.25, -0.2) is 0 Å². The van der Waals surface area contributed by atoms with E-state index in [1.165, 1.54) is 15.7 Å². The Morgan fingerprint density at radius 2 is 2.33 bits per heavy atom. The Kier molecular flexibility index (Phi) is 2.44. The summed E-state index contributed by atoms with van der Waals surface area (Å²) in [7, 11) is 0. The van der Waals surface area contributed by atoms with E-state index in [0.29, 0.717) is 5.92 Å². The summed E-state index contributed by atoms with van der Waals surface area (Å²) in [4.78, 5) is 4.35. The fraction of sp³-hybridized carbons (Fsp3) is 0.300. The van der Waals surface area contributed by atoms with Crippen LogP contribution < -0.4 is 0 Å². The van der Waals surface area contributed by atoms with Crippen LogP contribution in [-0.4, -0.2) is 5.71 Å². The van der Waals surface area contributed by atoms with Crippen molar-refractivity contribution in [3.63, 3.8) is 0 Å². The number of rotatable bonds is 0. The minimum absolute atomic E-state index is 0.586. The average molecular weight is 271 g/mol. The summed E-state index contributed by atoms with van der Waals surface area (Å²) in [6.07, 6.45) is 13.0. The second-order valence-electron chi connectivity index (χ2n) is 3.05. The highest BCUT2D eigenvalue weighted by atomic mass is 127. The Balaban J connectivity index is 2.40. The van der Waals surface area contributed by atoms with Crippen LogP contribution in [-0.2, 0) is 0 Å². The molecule has 1 aliphatic carbocycles. The lowest BCUT2D eigenvalue weighted by Gasteiger charge is -2.07. The Morgan fingerprint density at radius 1 is 1.42 bits per heavy atom. The molecule has 1 aliphatic heterocycles. The number of fused-ring (bicyclic) bond motifs is 3. The van der Waals surface area contributed by atoms with Crippen LogP contribution in [0.1, 0.15) is 12.8 Å². The number of hydrogen-bond donors (Lipinski definition) is 0. The molecule has 0 fully saturated rings. The Bertz CT molecular complexity index is 297. The molecule has 1 atom stereocenters. The van der Waals surface area contributed by atoms with Crippen LogP contribution >= 0.6 is 22.6 Å². The van der Waals surface area contributed by atoms with Crippen LogP contribution in [0.5, 0.6) is 0 Å². The molecule has 12 heavy (non-hydrogen) atoms. The van der Waals surface area contributed by atoms with Crippen molar-refractivity contribution in [3.05, 3.63) is 34.1 Å². The highest BCUT2D eigenvalue weighted by molar-refractivity contribution is 14.1. The van der Waals surface area contributed by atoms with Crippen molar-refractivity contribution in [2.75, 3.05) is 0 Å². The zero-order valence-electron chi connectivity index (χ0n) is 6.70. The summed E-state index contributed by atoms with van der Waals surface area (Å²) in [5.74, 6) is 0.586. The first-order chi connectivity index (χ1) is 5.84. The van der Waals surface area contributed by atoms with Crippen LogP contribution in [0, 0.1) is 5.92 Å². The van der Waals surface area contributed by atoms with Crippen molar-refractivity contribution in [1.82, 2.24) is 0 Å². The van der Waals surface area contributed by atoms with Gasteiger partial charge in [0, 0.05) is 15.5 Å². The van der Waals surface area contributed by atoms with E-state index in [9.17, 15) is 0 Å². The van der Waals surface area contributed by atoms with Gasteiger partial charge in [-0.1, -0.05) is 12.2 Å². The van der Waals surface area contributed by atoms with Gasteiger partial charge in [-0.2, -0.15) is 0 Å². The minimum Gasteiger partial charge on any atom is -0.262 e. The van der Waals surface area contributed by atoms with Gasteiger partial charge in [0.1, 0.15) is 0 Å². The van der Waals surface area contributed by atoms with Crippen LogP contribution in [0.3, 0.4) is 0 Å². The molecule has 1 nitrogen and oxygen atoms in total. The van der Waals surface area contributed by atoms with Crippen LogP contribution in [0.15, 0.2) is 39.1 Å². The molecule has 1 heterocycles. The summed E-state index contributed by atoms with van der Waals surface area (Å²) >= 11 is 2.36. The predicted molar refractivity (Wildman–Crippen MR) is 60.5 cm³/mol. The Labute approximate surface area is 86.1 Å². The number of nitrogens with zero attached hydrogens (tertiary/aromatic N) is 1. The van der Waals surface area contributed by atoms with Crippen molar-refractivity contribution < 1.29 is 0 Å². The third-order valence-corrected chi connectivity index (χ3v) is 2.83. The van der Waals surface area contributed by atoms with Gasteiger partial charge >= 0.3 is 0 Å². The zero-order chi connectivity index (χ0) is 8.39. The molecule has 0 aromatic heterocycles. The minimum atomic E-state index is 0.586. The molecule has 0 saturated heterocycles. The molecule has 0 aromatic rings. The zero-order valence-corrected chi connectivity index (χ0v) is 8.86. The third-order valence-electron chi connectivity index (χ3n) is 2.12. The van der Waals surface area contributed by atoms with E-state index in [1.807, 2.05) is 6.20 Å². The summed E-state index contributed by atoms with van der Waals surface area (Å²) in [5, 5.41) is 0. The molecular weight excluding hydrogens is 261 g/mol. The van der Waals surface area contributed by atoms with Crippen molar-refractivity contribution in [1.29, 1.82) is 0 Å². The van der Waals surface area contributed by atoms with Gasteiger partial charge in [0.05, 0.1) is 0 Å². The lowest BCUT2D eigenvalue weighted by Crippen LogP contribution is -1.99. The predicted octanol–water partition coefficient (Wildman–Crippen LogP) is 3.24. The normalized spacial score (nSPS) is 34.2. The van der Waals surface area contributed by atoms with E-state index in [1.54, 1.807) is 0 Å². The van der Waals surface area contributed by atoms with Crippen molar-refractivity contribution >= 4 is 28.3 Å². The molecule has 2 rings (SSSR count). The second-order valence-corrected chi connectivity index (χ2v) is 4.30. The average Bonchev–Trinajstić information content (AvgIpc) is 2.20. The Morgan fingerprint density at radius 3 is 3.25 bits per heavy atom. The topological polar surface area (TPSA) is 12.4 Å². The van der Waals surface area contributed by atoms with E-state index < -0.39 is 0 Å². The summed E-state index contributed by atoms with van der Waals surface area (Å²) in [6.45, 7) is 0. The van der Waals surface area contributed by atoms with Gasteiger partial charge in [-0.15, -0.1) is 0 Å². The molecular formula is C10H10IN. The molecule has 0 radical (unpaired) electrons.